The second kappa shape index (κ2) is 1.71. The molecule has 0 aromatic rings. The lowest BCUT2D eigenvalue weighted by Crippen LogP contribution is -2.13. The molecule has 1 aliphatic carbocycles. The zero-order chi connectivity index (χ0) is 7.07. The van der Waals surface area contributed by atoms with Gasteiger partial charge < -0.3 is 0 Å². The second-order valence-electron chi connectivity index (χ2n) is 2.30. The lowest BCUT2D eigenvalue weighted by molar-refractivity contribution is -0.117. The summed E-state index contributed by atoms with van der Waals surface area (Å²) in [5, 5.41) is 8.30. The Kier molecular flexibility index (Phi) is 1.25. The molecule has 0 N–H and O–H groups in total. The van der Waals surface area contributed by atoms with E-state index in [1.165, 1.54) is 6.92 Å². The molecule has 1 aliphatic rings. The van der Waals surface area contributed by atoms with Crippen molar-refractivity contribution in [3.63, 3.8) is 0 Å². The van der Waals surface area contributed by atoms with Crippen LogP contribution in [-0.2, 0) is 4.79 Å². The molecule has 1 fully saturated rings. The molecule has 0 heterocycles. The molecular weight excluding hydrogens is 138 g/mol. The molecule has 0 aromatic heterocycles. The second-order valence-corrected chi connectivity index (χ2v) is 2.98. The van der Waals surface area contributed by atoms with Gasteiger partial charge >= 0.3 is 0 Å². The van der Waals surface area contributed by atoms with Crippen molar-refractivity contribution in [1.29, 1.82) is 5.26 Å². The van der Waals surface area contributed by atoms with Crippen LogP contribution < -0.4 is 0 Å². The standard InChI is InChI=1S/C6H6ClNO/c1-4(9)6(7)2-5(6)3-8/h5H,2H2,1H3. The highest BCUT2D eigenvalue weighted by Gasteiger charge is 2.57. The molecule has 1 saturated carbocycles. The van der Waals surface area contributed by atoms with Crippen molar-refractivity contribution >= 4 is 17.4 Å². The van der Waals surface area contributed by atoms with Gasteiger partial charge in [0.1, 0.15) is 4.87 Å². The molecule has 0 aromatic carbocycles. The molecule has 0 aliphatic heterocycles. The summed E-state index contributed by atoms with van der Waals surface area (Å²) < 4.78 is 0. The van der Waals surface area contributed by atoms with E-state index in [9.17, 15) is 4.79 Å². The minimum Gasteiger partial charge on any atom is -0.298 e. The van der Waals surface area contributed by atoms with Gasteiger partial charge in [0.15, 0.2) is 5.78 Å². The van der Waals surface area contributed by atoms with Crippen LogP contribution in [0, 0.1) is 17.2 Å². The van der Waals surface area contributed by atoms with Crippen LogP contribution in [0.25, 0.3) is 0 Å². The van der Waals surface area contributed by atoms with E-state index in [1.807, 2.05) is 6.07 Å². The van der Waals surface area contributed by atoms with Crippen LogP contribution in [0.1, 0.15) is 13.3 Å². The van der Waals surface area contributed by atoms with Gasteiger partial charge in [-0.1, -0.05) is 0 Å². The van der Waals surface area contributed by atoms with Crippen molar-refractivity contribution < 1.29 is 4.79 Å². The first-order valence-corrected chi connectivity index (χ1v) is 3.08. The quantitative estimate of drug-likeness (QED) is 0.516. The maximum absolute atomic E-state index is 10.6. The summed E-state index contributed by atoms with van der Waals surface area (Å²) in [6.45, 7) is 1.42. The molecule has 0 spiro atoms. The highest BCUT2D eigenvalue weighted by molar-refractivity contribution is 6.37. The van der Waals surface area contributed by atoms with E-state index in [1.54, 1.807) is 0 Å². The van der Waals surface area contributed by atoms with Gasteiger partial charge in [-0.15, -0.1) is 11.6 Å². The smallest absolute Gasteiger partial charge is 0.152 e. The van der Waals surface area contributed by atoms with Crippen LogP contribution in [0.2, 0.25) is 0 Å². The van der Waals surface area contributed by atoms with E-state index >= 15 is 0 Å². The lowest BCUT2D eigenvalue weighted by atomic mass is 10.2. The number of carbonyl (C=O) groups is 1. The van der Waals surface area contributed by atoms with Gasteiger partial charge in [0.05, 0.1) is 12.0 Å². The fourth-order valence-corrected chi connectivity index (χ4v) is 0.978. The number of hydrogen-bond acceptors (Lipinski definition) is 2. The summed E-state index contributed by atoms with van der Waals surface area (Å²) in [6, 6.07) is 1.96. The van der Waals surface area contributed by atoms with E-state index in [-0.39, 0.29) is 11.7 Å². The molecule has 2 unspecified atom stereocenters. The fraction of sp³-hybridized carbons (Fsp3) is 0.667. The number of carbonyl (C=O) groups excluding carboxylic acids is 1. The van der Waals surface area contributed by atoms with Gasteiger partial charge in [0.2, 0.25) is 0 Å². The molecule has 1 rings (SSSR count). The minimum atomic E-state index is -0.811. The number of rotatable bonds is 1. The number of ketones is 1. The number of hydrogen-bond donors (Lipinski definition) is 0. The van der Waals surface area contributed by atoms with Crippen molar-refractivity contribution in [2.24, 2.45) is 5.92 Å². The Bertz CT molecular complexity index is 196. The summed E-state index contributed by atoms with van der Waals surface area (Å²) in [7, 11) is 0. The average Bonchev–Trinajstić information content (AvgIpc) is 2.44. The number of nitrogens with zero attached hydrogens (tertiary/aromatic N) is 1. The predicted octanol–water partition coefficient (Wildman–Crippen LogP) is 1.10. The zero-order valence-corrected chi connectivity index (χ0v) is 5.77. The highest BCUT2D eigenvalue weighted by Crippen LogP contribution is 2.49. The Morgan fingerprint density at radius 2 is 2.56 bits per heavy atom. The van der Waals surface area contributed by atoms with E-state index in [0.29, 0.717) is 6.42 Å². The Morgan fingerprint density at radius 1 is 2.00 bits per heavy atom. The molecule has 2 atom stereocenters. The molecule has 3 heteroatoms. The third-order valence-electron chi connectivity index (χ3n) is 1.63. The first kappa shape index (κ1) is 6.57. The maximum Gasteiger partial charge on any atom is 0.152 e. The zero-order valence-electron chi connectivity index (χ0n) is 5.02. The fourth-order valence-electron chi connectivity index (χ4n) is 0.775. The third-order valence-corrected chi connectivity index (χ3v) is 2.32. The first-order chi connectivity index (χ1) is 4.11. The molecule has 0 radical (unpaired) electrons. The maximum atomic E-state index is 10.6. The van der Waals surface area contributed by atoms with Gasteiger partial charge in [0.25, 0.3) is 0 Å². The van der Waals surface area contributed by atoms with E-state index in [4.69, 9.17) is 16.9 Å². The lowest BCUT2D eigenvalue weighted by Gasteiger charge is -1.95. The molecule has 2 nitrogen and oxygen atoms in total. The number of halogens is 1. The van der Waals surface area contributed by atoms with Crippen molar-refractivity contribution in [3.8, 4) is 6.07 Å². The Labute approximate surface area is 58.4 Å². The summed E-state index contributed by atoms with van der Waals surface area (Å²) >= 11 is 5.67. The topological polar surface area (TPSA) is 40.9 Å². The van der Waals surface area contributed by atoms with Crippen LogP contribution in [0.5, 0.6) is 0 Å². The molecule has 9 heavy (non-hydrogen) atoms. The predicted molar refractivity (Wildman–Crippen MR) is 33.0 cm³/mol. The van der Waals surface area contributed by atoms with Gasteiger partial charge in [-0.3, -0.25) is 4.79 Å². The van der Waals surface area contributed by atoms with E-state index in [2.05, 4.69) is 0 Å². The van der Waals surface area contributed by atoms with Crippen molar-refractivity contribution in [1.82, 2.24) is 0 Å². The molecular formula is C6H6ClNO. The Hall–Kier alpha value is -0.550. The van der Waals surface area contributed by atoms with Gasteiger partial charge in [-0.25, -0.2) is 0 Å². The molecule has 0 bridgehead atoms. The van der Waals surface area contributed by atoms with E-state index < -0.39 is 4.87 Å². The summed E-state index contributed by atoms with van der Waals surface area (Å²) in [5.41, 5.74) is 0. The Morgan fingerprint density at radius 3 is 2.67 bits per heavy atom. The van der Waals surface area contributed by atoms with Crippen LogP contribution in [0.4, 0.5) is 0 Å². The number of nitriles is 1. The highest BCUT2D eigenvalue weighted by atomic mass is 35.5. The number of Topliss-reactive ketones (excluding diaryl/α,β-unsaturated/α-hetero) is 1. The molecule has 48 valence electrons. The summed E-state index contributed by atoms with van der Waals surface area (Å²) in [4.78, 5) is 9.80. The van der Waals surface area contributed by atoms with Crippen LogP contribution >= 0.6 is 11.6 Å². The van der Waals surface area contributed by atoms with Crippen LogP contribution in [0.3, 0.4) is 0 Å². The normalized spacial score (nSPS) is 39.4. The monoisotopic (exact) mass is 143 g/mol. The van der Waals surface area contributed by atoms with Crippen molar-refractivity contribution in [3.05, 3.63) is 0 Å². The van der Waals surface area contributed by atoms with Gasteiger partial charge in [0, 0.05) is 0 Å². The largest absolute Gasteiger partial charge is 0.298 e. The van der Waals surface area contributed by atoms with Gasteiger partial charge in [-0.05, 0) is 13.3 Å². The van der Waals surface area contributed by atoms with E-state index in [0.717, 1.165) is 0 Å². The average molecular weight is 144 g/mol. The van der Waals surface area contributed by atoms with Crippen LogP contribution in [0.15, 0.2) is 0 Å². The third kappa shape index (κ3) is 0.818. The minimum absolute atomic E-state index is 0.0873. The van der Waals surface area contributed by atoms with Crippen LogP contribution in [-0.4, -0.2) is 10.7 Å². The summed E-state index contributed by atoms with van der Waals surface area (Å²) in [5.74, 6) is -0.326. The Balaban J connectivity index is 2.65. The van der Waals surface area contributed by atoms with Gasteiger partial charge in [-0.2, -0.15) is 5.26 Å². The first-order valence-electron chi connectivity index (χ1n) is 2.71. The van der Waals surface area contributed by atoms with Crippen molar-refractivity contribution in [2.75, 3.05) is 0 Å². The summed E-state index contributed by atoms with van der Waals surface area (Å²) in [6.07, 6.45) is 0.528. The SMILES string of the molecule is CC(=O)C1(Cl)CC1C#N. The molecule has 0 amide bonds. The van der Waals surface area contributed by atoms with Crippen molar-refractivity contribution in [2.45, 2.75) is 18.2 Å². The molecule has 0 saturated heterocycles. The number of alkyl halides is 1.